The molecule has 1 aromatic heterocycles. The van der Waals surface area contributed by atoms with Crippen LogP contribution in [0.15, 0.2) is 54.7 Å². The number of nitrogens with zero attached hydrogens (tertiary/aromatic N) is 4. The number of benzene rings is 2. The molecule has 2 aromatic carbocycles. The van der Waals surface area contributed by atoms with Gasteiger partial charge in [-0.2, -0.15) is 4.80 Å². The van der Waals surface area contributed by atoms with Crippen LogP contribution in [0.5, 0.6) is 0 Å². The summed E-state index contributed by atoms with van der Waals surface area (Å²) in [5.74, 6) is -0.192. The van der Waals surface area contributed by atoms with E-state index in [0.29, 0.717) is 15.7 Å². The zero-order chi connectivity index (χ0) is 18.5. The number of anilines is 2. The average Bonchev–Trinajstić information content (AvgIpc) is 3.05. The summed E-state index contributed by atoms with van der Waals surface area (Å²) in [6, 6.07) is 13.8. The van der Waals surface area contributed by atoms with Crippen LogP contribution in [0.4, 0.5) is 11.4 Å². The number of carbonyl (C=O) groups excluding carboxylic acids is 1. The Balaban J connectivity index is 1.84. The summed E-state index contributed by atoms with van der Waals surface area (Å²) in [4.78, 5) is 14.0. The molecule has 0 unspecified atom stereocenters. The molecule has 3 aromatic rings. The van der Waals surface area contributed by atoms with Crippen molar-refractivity contribution in [3.8, 4) is 0 Å². The van der Waals surface area contributed by atoms with Crippen molar-refractivity contribution < 1.29 is 4.79 Å². The highest BCUT2D eigenvalue weighted by Gasteiger charge is 2.17. The molecule has 0 saturated carbocycles. The number of hydrogen-bond donors (Lipinski definition) is 2. The Bertz CT molecular complexity index is 935. The smallest absolute Gasteiger partial charge is 0.261 e. The summed E-state index contributed by atoms with van der Waals surface area (Å²) >= 11 is 11.7. The van der Waals surface area contributed by atoms with E-state index in [0.717, 1.165) is 5.69 Å². The van der Waals surface area contributed by atoms with Gasteiger partial charge in [-0.05, 0) is 53.7 Å². The van der Waals surface area contributed by atoms with Crippen LogP contribution in [-0.4, -0.2) is 26.1 Å². The zero-order valence-electron chi connectivity index (χ0n) is 13.6. The zero-order valence-corrected chi connectivity index (χ0v) is 15.2. The van der Waals surface area contributed by atoms with Gasteiger partial charge in [0.05, 0.1) is 7.05 Å². The molecular weight excluding hydrogens is 375 g/mol. The number of amides is 1. The standard InChI is InChI=1S/C17H14Cl2N6O/c1-25-23-16(22-24-25)15(10-20-13-6-2-11(18)3-7-13)17(26)21-14-8-4-12(19)5-9-14/h2-10,20H,1H3,(H,21,26). The summed E-state index contributed by atoms with van der Waals surface area (Å²) in [6.45, 7) is 0. The van der Waals surface area contributed by atoms with Gasteiger partial charge in [0, 0.05) is 27.6 Å². The molecule has 0 aliphatic rings. The van der Waals surface area contributed by atoms with Crippen LogP contribution in [0.25, 0.3) is 5.57 Å². The van der Waals surface area contributed by atoms with Gasteiger partial charge < -0.3 is 10.6 Å². The molecule has 0 spiro atoms. The minimum absolute atomic E-state index is 0.195. The van der Waals surface area contributed by atoms with E-state index in [-0.39, 0.29) is 17.3 Å². The van der Waals surface area contributed by atoms with Crippen molar-refractivity contribution >= 4 is 46.1 Å². The van der Waals surface area contributed by atoms with Crippen LogP contribution in [0.2, 0.25) is 10.0 Å². The summed E-state index contributed by atoms with van der Waals surface area (Å²) in [5, 5.41) is 18.8. The van der Waals surface area contributed by atoms with E-state index >= 15 is 0 Å². The van der Waals surface area contributed by atoms with Gasteiger partial charge in [0.2, 0.25) is 5.82 Å². The Morgan fingerprint density at radius 2 is 1.58 bits per heavy atom. The lowest BCUT2D eigenvalue weighted by Gasteiger charge is -2.08. The van der Waals surface area contributed by atoms with Crippen molar-refractivity contribution in [2.24, 2.45) is 7.05 Å². The first-order valence-corrected chi connectivity index (χ1v) is 8.30. The number of carbonyl (C=O) groups is 1. The van der Waals surface area contributed by atoms with Crippen LogP contribution in [0, 0.1) is 0 Å². The van der Waals surface area contributed by atoms with Crippen LogP contribution < -0.4 is 10.6 Å². The first-order chi connectivity index (χ1) is 12.5. The molecule has 0 fully saturated rings. The maximum atomic E-state index is 12.7. The van der Waals surface area contributed by atoms with Gasteiger partial charge >= 0.3 is 0 Å². The predicted octanol–water partition coefficient (Wildman–Crippen LogP) is 3.61. The summed E-state index contributed by atoms with van der Waals surface area (Å²) in [7, 11) is 1.62. The van der Waals surface area contributed by atoms with Gasteiger partial charge in [-0.1, -0.05) is 23.2 Å². The highest BCUT2D eigenvalue weighted by atomic mass is 35.5. The highest BCUT2D eigenvalue weighted by molar-refractivity contribution is 6.31. The minimum atomic E-state index is -0.387. The van der Waals surface area contributed by atoms with Gasteiger partial charge in [-0.3, -0.25) is 4.79 Å². The highest BCUT2D eigenvalue weighted by Crippen LogP contribution is 2.18. The van der Waals surface area contributed by atoms with E-state index < -0.39 is 0 Å². The Morgan fingerprint density at radius 1 is 1.00 bits per heavy atom. The fourth-order valence-corrected chi connectivity index (χ4v) is 2.31. The molecule has 1 amide bonds. The lowest BCUT2D eigenvalue weighted by molar-refractivity contribution is -0.111. The van der Waals surface area contributed by atoms with Crippen molar-refractivity contribution in [1.82, 2.24) is 20.2 Å². The number of aromatic nitrogens is 4. The summed E-state index contributed by atoms with van der Waals surface area (Å²) in [5.41, 5.74) is 1.58. The number of tetrazole rings is 1. The second kappa shape index (κ2) is 7.99. The second-order valence-electron chi connectivity index (χ2n) is 5.27. The van der Waals surface area contributed by atoms with Crippen LogP contribution in [-0.2, 0) is 11.8 Å². The van der Waals surface area contributed by atoms with Crippen molar-refractivity contribution in [2.75, 3.05) is 10.6 Å². The molecule has 0 atom stereocenters. The fourth-order valence-electron chi connectivity index (χ4n) is 2.06. The quantitative estimate of drug-likeness (QED) is 0.652. The Hall–Kier alpha value is -2.90. The molecule has 2 N–H and O–H groups in total. The lowest BCUT2D eigenvalue weighted by Crippen LogP contribution is -2.15. The van der Waals surface area contributed by atoms with Gasteiger partial charge in [0.25, 0.3) is 5.91 Å². The van der Waals surface area contributed by atoms with E-state index in [9.17, 15) is 4.79 Å². The normalized spacial score (nSPS) is 11.3. The van der Waals surface area contributed by atoms with E-state index in [2.05, 4.69) is 26.0 Å². The SMILES string of the molecule is Cn1nnc(C(=CNc2ccc(Cl)cc2)C(=O)Nc2ccc(Cl)cc2)n1. The van der Waals surface area contributed by atoms with Crippen LogP contribution >= 0.6 is 23.2 Å². The third-order valence-corrected chi connectivity index (χ3v) is 3.83. The topological polar surface area (TPSA) is 84.7 Å². The lowest BCUT2D eigenvalue weighted by atomic mass is 10.2. The number of halogens is 2. The molecule has 132 valence electrons. The first kappa shape index (κ1) is 17.9. The van der Waals surface area contributed by atoms with E-state index in [4.69, 9.17) is 23.2 Å². The van der Waals surface area contributed by atoms with Gasteiger partial charge in [-0.15, -0.1) is 10.2 Å². The molecule has 0 aliphatic heterocycles. The molecule has 1 heterocycles. The van der Waals surface area contributed by atoms with Crippen LogP contribution in [0.3, 0.4) is 0 Å². The third kappa shape index (κ3) is 4.59. The van der Waals surface area contributed by atoms with Crippen LogP contribution in [0.1, 0.15) is 5.82 Å². The molecule has 7 nitrogen and oxygen atoms in total. The average molecular weight is 389 g/mol. The molecule has 0 saturated heterocycles. The first-order valence-electron chi connectivity index (χ1n) is 7.55. The largest absolute Gasteiger partial charge is 0.361 e. The van der Waals surface area contributed by atoms with E-state index in [1.54, 1.807) is 55.6 Å². The summed E-state index contributed by atoms with van der Waals surface area (Å²) in [6.07, 6.45) is 1.52. The third-order valence-electron chi connectivity index (χ3n) is 3.32. The van der Waals surface area contributed by atoms with Crippen molar-refractivity contribution in [2.45, 2.75) is 0 Å². The molecule has 26 heavy (non-hydrogen) atoms. The van der Waals surface area contributed by atoms with Gasteiger partial charge in [0.1, 0.15) is 5.57 Å². The van der Waals surface area contributed by atoms with E-state index in [1.807, 2.05) is 0 Å². The van der Waals surface area contributed by atoms with E-state index in [1.165, 1.54) is 11.0 Å². The maximum Gasteiger partial charge on any atom is 0.261 e. The van der Waals surface area contributed by atoms with Crippen molar-refractivity contribution in [3.63, 3.8) is 0 Å². The molecule has 0 bridgehead atoms. The van der Waals surface area contributed by atoms with Gasteiger partial charge in [0.15, 0.2) is 0 Å². The number of nitrogens with one attached hydrogen (secondary N) is 2. The number of hydrogen-bond acceptors (Lipinski definition) is 5. The number of aryl methyl sites for hydroxylation is 1. The molecular formula is C17H14Cl2N6O. The Kier molecular flexibility index (Phi) is 5.50. The second-order valence-corrected chi connectivity index (χ2v) is 6.15. The number of rotatable bonds is 5. The van der Waals surface area contributed by atoms with Crippen molar-refractivity contribution in [1.29, 1.82) is 0 Å². The maximum absolute atomic E-state index is 12.7. The molecule has 0 radical (unpaired) electrons. The Labute approximate surface area is 159 Å². The Morgan fingerprint density at radius 3 is 2.12 bits per heavy atom. The van der Waals surface area contributed by atoms with Gasteiger partial charge in [-0.25, -0.2) is 0 Å². The molecule has 9 heteroatoms. The summed E-state index contributed by atoms with van der Waals surface area (Å²) < 4.78 is 0. The predicted molar refractivity (Wildman–Crippen MR) is 102 cm³/mol. The molecule has 0 aliphatic carbocycles. The van der Waals surface area contributed by atoms with Crippen molar-refractivity contribution in [3.05, 3.63) is 70.6 Å². The fraction of sp³-hybridized carbons (Fsp3) is 0.0588. The monoisotopic (exact) mass is 388 g/mol. The molecule has 3 rings (SSSR count). The minimum Gasteiger partial charge on any atom is -0.361 e.